The van der Waals surface area contributed by atoms with Gasteiger partial charge in [-0.15, -0.1) is 0 Å². The zero-order valence-corrected chi connectivity index (χ0v) is 23.7. The number of nitrogens with one attached hydrogen (secondary N) is 2. The van der Waals surface area contributed by atoms with E-state index in [1.54, 1.807) is 18.3 Å². The van der Waals surface area contributed by atoms with Crippen LogP contribution in [0.2, 0.25) is 0 Å². The molecular weight excluding hydrogens is 570 g/mol. The van der Waals surface area contributed by atoms with Gasteiger partial charge in [0.1, 0.15) is 0 Å². The van der Waals surface area contributed by atoms with Crippen LogP contribution in [0.25, 0.3) is 5.69 Å². The van der Waals surface area contributed by atoms with Crippen LogP contribution < -0.4 is 14.9 Å². The van der Waals surface area contributed by atoms with Crippen molar-refractivity contribution in [3.05, 3.63) is 106 Å². The Morgan fingerprint density at radius 1 is 1.03 bits per heavy atom. The van der Waals surface area contributed by atoms with E-state index in [1.165, 1.54) is 0 Å². The molecule has 7 nitrogen and oxygen atoms in total. The maximum Gasteiger partial charge on any atom is 0.229 e. The fourth-order valence-corrected chi connectivity index (χ4v) is 6.32. The van der Waals surface area contributed by atoms with E-state index in [9.17, 15) is 8.42 Å². The van der Waals surface area contributed by atoms with Gasteiger partial charge in [-0.25, -0.2) is 8.42 Å². The van der Waals surface area contributed by atoms with Crippen LogP contribution in [0.15, 0.2) is 83.5 Å². The van der Waals surface area contributed by atoms with E-state index in [2.05, 4.69) is 66.4 Å². The molecule has 2 aromatic heterocycles. The van der Waals surface area contributed by atoms with Gasteiger partial charge in [0.15, 0.2) is 5.11 Å². The van der Waals surface area contributed by atoms with E-state index >= 15 is 0 Å². The number of rotatable bonds is 6. The fraction of sp³-hybridized carbons (Fsp3) is 0.185. The fourth-order valence-electron chi connectivity index (χ4n) is 4.94. The van der Waals surface area contributed by atoms with Crippen LogP contribution in [-0.4, -0.2) is 29.3 Å². The lowest BCUT2D eigenvalue weighted by molar-refractivity contribution is 0.565. The Morgan fingerprint density at radius 2 is 1.73 bits per heavy atom. The summed E-state index contributed by atoms with van der Waals surface area (Å²) in [5.74, 6) is 0. The molecule has 4 aromatic rings. The van der Waals surface area contributed by atoms with E-state index in [0.29, 0.717) is 10.8 Å². The van der Waals surface area contributed by atoms with Crippen molar-refractivity contribution in [2.75, 3.05) is 15.9 Å². The summed E-state index contributed by atoms with van der Waals surface area (Å²) in [5, 5.41) is 4.07. The number of benzene rings is 2. The summed E-state index contributed by atoms with van der Waals surface area (Å²) in [6, 6.07) is 23.1. The number of para-hydroxylation sites is 1. The third-order valence-electron chi connectivity index (χ3n) is 6.43. The topological polar surface area (TPSA) is 79.3 Å². The molecule has 2 aromatic carbocycles. The molecule has 0 saturated carbocycles. The van der Waals surface area contributed by atoms with Crippen molar-refractivity contribution in [1.29, 1.82) is 0 Å². The zero-order valence-electron chi connectivity index (χ0n) is 20.5. The molecule has 0 spiro atoms. The van der Waals surface area contributed by atoms with Gasteiger partial charge in [-0.05, 0) is 102 Å². The lowest BCUT2D eigenvalue weighted by atomic mass is 9.96. The predicted molar refractivity (Wildman–Crippen MR) is 156 cm³/mol. The molecule has 3 heterocycles. The molecule has 0 amide bonds. The highest BCUT2D eigenvalue weighted by molar-refractivity contribution is 9.10. The normalized spacial score (nSPS) is 17.6. The van der Waals surface area contributed by atoms with Crippen molar-refractivity contribution in [2.45, 2.75) is 25.9 Å². The third-order valence-corrected chi connectivity index (χ3v) is 8.02. The van der Waals surface area contributed by atoms with Gasteiger partial charge in [-0.1, -0.05) is 18.2 Å². The summed E-state index contributed by atoms with van der Waals surface area (Å²) in [5.41, 5.74) is 6.62. The number of halogens is 1. The second-order valence-electron chi connectivity index (χ2n) is 9.03. The minimum atomic E-state index is -3.37. The summed E-state index contributed by atoms with van der Waals surface area (Å²) in [6.07, 6.45) is 2.92. The highest BCUT2D eigenvalue weighted by atomic mass is 79.9. The summed E-state index contributed by atoms with van der Waals surface area (Å²) < 4.78 is 29.1. The van der Waals surface area contributed by atoms with Gasteiger partial charge in [0.2, 0.25) is 10.0 Å². The highest BCUT2D eigenvalue weighted by Gasteiger charge is 2.42. The molecule has 37 heavy (non-hydrogen) atoms. The average Bonchev–Trinajstić information content (AvgIpc) is 3.35. The summed E-state index contributed by atoms with van der Waals surface area (Å²) in [6.45, 7) is 4.22. The van der Waals surface area contributed by atoms with Gasteiger partial charge in [0.25, 0.3) is 0 Å². The SMILES string of the molecule is Cc1cc([C@H]2[C@H](c3ccccn3)NC(=S)N2c2ccc(NS(C)(=O)=O)cc2)c(C)n1-c1ccccc1Br. The Labute approximate surface area is 230 Å². The quantitative estimate of drug-likeness (QED) is 0.274. The molecule has 0 aliphatic carbocycles. The molecule has 5 rings (SSSR count). The smallest absolute Gasteiger partial charge is 0.229 e. The number of hydrogen-bond donors (Lipinski definition) is 2. The Bertz CT molecular complexity index is 1570. The van der Waals surface area contributed by atoms with Gasteiger partial charge in [-0.2, -0.15) is 0 Å². The van der Waals surface area contributed by atoms with Crippen LogP contribution in [0.5, 0.6) is 0 Å². The standard InChI is InChI=1S/C27H26BrN5O2S2/c1-17-16-21(18(2)32(17)24-10-5-4-8-22(24)28)26-25(23-9-6-7-15-29-23)30-27(36)33(26)20-13-11-19(12-14-20)31-37(3,34)35/h4-16,25-26,31H,1-3H3,(H,30,36)/t25-,26-/m0/s1. The van der Waals surface area contributed by atoms with Crippen molar-refractivity contribution >= 4 is 54.7 Å². The number of anilines is 2. The second kappa shape index (κ2) is 9.92. The molecule has 190 valence electrons. The largest absolute Gasteiger partial charge is 0.351 e. The van der Waals surface area contributed by atoms with Crippen LogP contribution in [0.4, 0.5) is 11.4 Å². The lowest BCUT2D eigenvalue weighted by Gasteiger charge is -2.28. The lowest BCUT2D eigenvalue weighted by Crippen LogP contribution is -2.29. The van der Waals surface area contributed by atoms with Crippen LogP contribution >= 0.6 is 28.1 Å². The number of hydrogen-bond acceptors (Lipinski definition) is 4. The maximum atomic E-state index is 11.7. The zero-order chi connectivity index (χ0) is 26.3. The van der Waals surface area contributed by atoms with Crippen LogP contribution in [-0.2, 0) is 10.0 Å². The Kier molecular flexibility index (Phi) is 6.82. The minimum absolute atomic E-state index is 0.182. The summed E-state index contributed by atoms with van der Waals surface area (Å²) >= 11 is 9.56. The number of nitrogens with zero attached hydrogens (tertiary/aromatic N) is 3. The first-order valence-corrected chi connectivity index (χ1v) is 14.8. The molecule has 2 atom stereocenters. The Morgan fingerprint density at radius 3 is 2.38 bits per heavy atom. The van der Waals surface area contributed by atoms with Crippen LogP contribution in [0, 0.1) is 13.8 Å². The molecule has 10 heteroatoms. The first kappa shape index (κ1) is 25.4. The van der Waals surface area contributed by atoms with Gasteiger partial charge in [0.05, 0.1) is 29.7 Å². The first-order valence-electron chi connectivity index (χ1n) is 11.7. The van der Waals surface area contributed by atoms with Gasteiger partial charge in [0, 0.05) is 33.4 Å². The summed E-state index contributed by atoms with van der Waals surface area (Å²) in [4.78, 5) is 6.73. The second-order valence-corrected chi connectivity index (χ2v) is 12.0. The number of aromatic nitrogens is 2. The van der Waals surface area contributed by atoms with Crippen molar-refractivity contribution in [2.24, 2.45) is 0 Å². The Balaban J connectivity index is 1.64. The van der Waals surface area contributed by atoms with Gasteiger partial charge in [-0.3, -0.25) is 9.71 Å². The average molecular weight is 597 g/mol. The first-order chi connectivity index (χ1) is 17.6. The molecule has 1 saturated heterocycles. The third kappa shape index (κ3) is 5.01. The number of aryl methyl sites for hydroxylation is 1. The van der Waals surface area contributed by atoms with Crippen molar-refractivity contribution in [3.8, 4) is 5.69 Å². The van der Waals surface area contributed by atoms with E-state index in [4.69, 9.17) is 12.2 Å². The van der Waals surface area contributed by atoms with E-state index in [-0.39, 0.29) is 12.1 Å². The van der Waals surface area contributed by atoms with Crippen LogP contribution in [0.1, 0.15) is 34.7 Å². The maximum absolute atomic E-state index is 11.7. The molecule has 0 bridgehead atoms. The molecule has 1 aliphatic heterocycles. The molecule has 1 fully saturated rings. The molecule has 0 unspecified atom stereocenters. The van der Waals surface area contributed by atoms with Crippen LogP contribution in [0.3, 0.4) is 0 Å². The molecule has 0 radical (unpaired) electrons. The molecule has 2 N–H and O–H groups in total. The molecular formula is C27H26BrN5O2S2. The number of sulfonamides is 1. The number of thiocarbonyl (C=S) groups is 1. The predicted octanol–water partition coefficient (Wildman–Crippen LogP) is 5.80. The van der Waals surface area contributed by atoms with Crippen molar-refractivity contribution < 1.29 is 8.42 Å². The van der Waals surface area contributed by atoms with E-state index in [0.717, 1.165) is 44.7 Å². The Hall–Kier alpha value is -3.21. The minimum Gasteiger partial charge on any atom is -0.351 e. The van der Waals surface area contributed by atoms with E-state index < -0.39 is 10.0 Å². The molecule has 1 aliphatic rings. The van der Waals surface area contributed by atoms with Gasteiger partial charge >= 0.3 is 0 Å². The summed E-state index contributed by atoms with van der Waals surface area (Å²) in [7, 11) is -3.37. The number of pyridine rings is 1. The monoisotopic (exact) mass is 595 g/mol. The van der Waals surface area contributed by atoms with Crippen molar-refractivity contribution in [3.63, 3.8) is 0 Å². The highest BCUT2D eigenvalue weighted by Crippen LogP contribution is 2.44. The van der Waals surface area contributed by atoms with Crippen molar-refractivity contribution in [1.82, 2.24) is 14.9 Å². The van der Waals surface area contributed by atoms with E-state index in [1.807, 2.05) is 48.5 Å². The van der Waals surface area contributed by atoms with Gasteiger partial charge < -0.3 is 14.8 Å².